The molecule has 0 aliphatic carbocycles. The third kappa shape index (κ3) is 2.74. The van der Waals surface area contributed by atoms with Gasteiger partial charge >= 0.3 is 0 Å². The molecule has 2 fully saturated rings. The van der Waals surface area contributed by atoms with Crippen molar-refractivity contribution < 1.29 is 0 Å². The molecule has 0 aromatic rings. The number of rotatable bonds is 2. The van der Waals surface area contributed by atoms with Gasteiger partial charge in [0, 0.05) is 23.4 Å². The summed E-state index contributed by atoms with van der Waals surface area (Å²) >= 11 is 2.15. The minimum absolute atomic E-state index is 0.333. The number of hydrogen-bond acceptors (Lipinski definition) is 3. The van der Waals surface area contributed by atoms with Crippen LogP contribution in [-0.2, 0) is 0 Å². The molecular weight excluding hydrogens is 216 g/mol. The first kappa shape index (κ1) is 12.7. The van der Waals surface area contributed by atoms with E-state index in [-0.39, 0.29) is 0 Å². The Hall–Kier alpha value is 0.270. The fourth-order valence-corrected chi connectivity index (χ4v) is 4.52. The molecule has 0 spiro atoms. The molecule has 4 atom stereocenters. The largest absolute Gasteiger partial charge is 0.327 e. The van der Waals surface area contributed by atoms with Crippen molar-refractivity contribution in [1.82, 2.24) is 4.90 Å². The first-order chi connectivity index (χ1) is 7.70. The molecule has 3 heteroatoms. The summed E-state index contributed by atoms with van der Waals surface area (Å²) in [5, 5.41) is 0.799. The normalized spacial score (nSPS) is 39.6. The van der Waals surface area contributed by atoms with Gasteiger partial charge in [0.1, 0.15) is 0 Å². The Kier molecular flexibility index (Phi) is 4.57. The molecule has 2 nitrogen and oxygen atoms in total. The number of piperidine rings is 1. The third-order valence-corrected chi connectivity index (χ3v) is 5.56. The molecule has 2 rings (SSSR count). The lowest BCUT2D eigenvalue weighted by Gasteiger charge is -2.46. The average Bonchev–Trinajstić information content (AvgIpc) is 2.29. The van der Waals surface area contributed by atoms with Crippen molar-refractivity contribution in [3.63, 3.8) is 0 Å². The maximum atomic E-state index is 6.16. The zero-order chi connectivity index (χ0) is 11.5. The predicted molar refractivity (Wildman–Crippen MR) is 72.9 cm³/mol. The highest BCUT2D eigenvalue weighted by molar-refractivity contribution is 7.99. The number of nitrogens with two attached hydrogens (primary N) is 1. The highest BCUT2D eigenvalue weighted by Crippen LogP contribution is 2.33. The average molecular weight is 242 g/mol. The highest BCUT2D eigenvalue weighted by Gasteiger charge is 2.34. The summed E-state index contributed by atoms with van der Waals surface area (Å²) in [5.41, 5.74) is 6.16. The Morgan fingerprint density at radius 3 is 2.75 bits per heavy atom. The number of nitrogens with zero attached hydrogens (tertiary/aromatic N) is 1. The molecule has 16 heavy (non-hydrogen) atoms. The molecule has 94 valence electrons. The third-order valence-electron chi connectivity index (χ3n) is 4.19. The van der Waals surface area contributed by atoms with Gasteiger partial charge in [-0.1, -0.05) is 13.3 Å². The molecule has 2 heterocycles. The summed E-state index contributed by atoms with van der Waals surface area (Å²) in [7, 11) is 0. The molecule has 0 aromatic carbocycles. The van der Waals surface area contributed by atoms with E-state index in [4.69, 9.17) is 5.73 Å². The lowest BCUT2D eigenvalue weighted by Crippen LogP contribution is -2.56. The summed E-state index contributed by atoms with van der Waals surface area (Å²) in [5.74, 6) is 1.36. The van der Waals surface area contributed by atoms with Gasteiger partial charge in [-0.3, -0.25) is 4.90 Å². The maximum Gasteiger partial charge on any atom is 0.0247 e. The van der Waals surface area contributed by atoms with E-state index in [1.165, 1.54) is 44.4 Å². The highest BCUT2D eigenvalue weighted by atomic mass is 32.2. The van der Waals surface area contributed by atoms with Gasteiger partial charge in [-0.2, -0.15) is 11.8 Å². The monoisotopic (exact) mass is 242 g/mol. The van der Waals surface area contributed by atoms with Crippen LogP contribution in [0.3, 0.4) is 0 Å². The van der Waals surface area contributed by atoms with Crippen molar-refractivity contribution in [3.05, 3.63) is 0 Å². The quantitative estimate of drug-likeness (QED) is 0.806. The zero-order valence-corrected chi connectivity index (χ0v) is 11.5. The van der Waals surface area contributed by atoms with E-state index in [0.29, 0.717) is 12.1 Å². The van der Waals surface area contributed by atoms with Gasteiger partial charge in [0.25, 0.3) is 0 Å². The number of hydrogen-bond donors (Lipinski definition) is 1. The van der Waals surface area contributed by atoms with Crippen molar-refractivity contribution in [2.24, 2.45) is 5.73 Å². The Balaban J connectivity index is 2.03. The fraction of sp³-hybridized carbons (Fsp3) is 1.00. The van der Waals surface area contributed by atoms with E-state index in [2.05, 4.69) is 30.5 Å². The fourth-order valence-electron chi connectivity index (χ4n) is 3.30. The lowest BCUT2D eigenvalue weighted by molar-refractivity contribution is 0.0750. The molecule has 0 radical (unpaired) electrons. The number of thioether (sulfide) groups is 1. The summed E-state index contributed by atoms with van der Waals surface area (Å²) in [6, 6.07) is 1.76. The molecule has 0 bridgehead atoms. The number of likely N-dealkylation sites (tertiary alicyclic amines) is 1. The van der Waals surface area contributed by atoms with Gasteiger partial charge in [-0.05, 0) is 44.9 Å². The minimum Gasteiger partial charge on any atom is -0.327 e. The second-order valence-corrected chi connectivity index (χ2v) is 6.93. The standard InChI is InChI=1S/C13H26N2S/c1-10(14)12-6-3-4-8-15(12)13-7-5-9-16-11(13)2/h10-13H,3-9,14H2,1-2H3. The molecule has 0 saturated carbocycles. The van der Waals surface area contributed by atoms with Gasteiger partial charge in [-0.15, -0.1) is 0 Å². The topological polar surface area (TPSA) is 29.3 Å². The van der Waals surface area contributed by atoms with Crippen LogP contribution in [0.25, 0.3) is 0 Å². The van der Waals surface area contributed by atoms with Crippen LogP contribution in [0.15, 0.2) is 0 Å². The molecule has 4 unspecified atom stereocenters. The van der Waals surface area contributed by atoms with Crippen LogP contribution < -0.4 is 5.73 Å². The van der Waals surface area contributed by atoms with Crippen LogP contribution in [0.4, 0.5) is 0 Å². The van der Waals surface area contributed by atoms with Gasteiger partial charge in [0.05, 0.1) is 0 Å². The summed E-state index contributed by atoms with van der Waals surface area (Å²) < 4.78 is 0. The second-order valence-electron chi connectivity index (χ2n) is 5.45. The van der Waals surface area contributed by atoms with Crippen LogP contribution in [0, 0.1) is 0 Å². The van der Waals surface area contributed by atoms with Crippen LogP contribution in [0.5, 0.6) is 0 Å². The minimum atomic E-state index is 0.333. The summed E-state index contributed by atoms with van der Waals surface area (Å²) in [4.78, 5) is 2.74. The first-order valence-corrected chi connectivity index (χ1v) is 7.88. The van der Waals surface area contributed by atoms with E-state index < -0.39 is 0 Å². The Morgan fingerprint density at radius 1 is 1.25 bits per heavy atom. The van der Waals surface area contributed by atoms with Crippen LogP contribution in [0.1, 0.15) is 46.0 Å². The molecule has 2 aliphatic rings. The van der Waals surface area contributed by atoms with E-state index in [1.807, 2.05) is 0 Å². The second kappa shape index (κ2) is 5.74. The zero-order valence-electron chi connectivity index (χ0n) is 10.7. The van der Waals surface area contributed by atoms with E-state index in [1.54, 1.807) is 0 Å². The summed E-state index contributed by atoms with van der Waals surface area (Å²) in [6.45, 7) is 5.87. The first-order valence-electron chi connectivity index (χ1n) is 6.83. The van der Waals surface area contributed by atoms with Gasteiger partial charge in [0.15, 0.2) is 0 Å². The molecular formula is C13H26N2S. The summed E-state index contributed by atoms with van der Waals surface area (Å²) in [6.07, 6.45) is 6.83. The molecule has 2 N–H and O–H groups in total. The molecule has 0 amide bonds. The van der Waals surface area contributed by atoms with Crippen LogP contribution >= 0.6 is 11.8 Å². The van der Waals surface area contributed by atoms with Crippen molar-refractivity contribution in [2.45, 2.75) is 69.3 Å². The van der Waals surface area contributed by atoms with E-state index in [0.717, 1.165) is 11.3 Å². The molecule has 2 saturated heterocycles. The van der Waals surface area contributed by atoms with Gasteiger partial charge < -0.3 is 5.73 Å². The Morgan fingerprint density at radius 2 is 2.06 bits per heavy atom. The van der Waals surface area contributed by atoms with E-state index >= 15 is 0 Å². The van der Waals surface area contributed by atoms with Crippen molar-refractivity contribution in [2.75, 3.05) is 12.3 Å². The maximum absolute atomic E-state index is 6.16. The lowest BCUT2D eigenvalue weighted by atomic mass is 9.92. The van der Waals surface area contributed by atoms with Gasteiger partial charge in [-0.25, -0.2) is 0 Å². The van der Waals surface area contributed by atoms with Crippen molar-refractivity contribution in [1.29, 1.82) is 0 Å². The SMILES string of the molecule is CC(N)C1CCCCN1C1CCCSC1C. The molecule has 0 aromatic heterocycles. The Bertz CT molecular complexity index is 220. The van der Waals surface area contributed by atoms with Crippen molar-refractivity contribution in [3.8, 4) is 0 Å². The smallest absolute Gasteiger partial charge is 0.0247 e. The van der Waals surface area contributed by atoms with Crippen LogP contribution in [-0.4, -0.2) is 40.6 Å². The predicted octanol–water partition coefficient (Wildman–Crippen LogP) is 2.47. The van der Waals surface area contributed by atoms with Crippen LogP contribution in [0.2, 0.25) is 0 Å². The van der Waals surface area contributed by atoms with Gasteiger partial charge in [0.2, 0.25) is 0 Å². The van der Waals surface area contributed by atoms with E-state index in [9.17, 15) is 0 Å². The van der Waals surface area contributed by atoms with Crippen molar-refractivity contribution >= 4 is 11.8 Å². The Labute approximate surface area is 104 Å². The molecule has 2 aliphatic heterocycles.